The zero-order valence-electron chi connectivity index (χ0n) is 14.6. The fourth-order valence-corrected chi connectivity index (χ4v) is 5.25. The van der Waals surface area contributed by atoms with E-state index in [0.29, 0.717) is 29.5 Å². The van der Waals surface area contributed by atoms with Crippen LogP contribution in [0.3, 0.4) is 0 Å². The van der Waals surface area contributed by atoms with E-state index in [1.54, 1.807) is 12.1 Å². The molecular weight excluding hydrogens is 344 g/mol. The lowest BCUT2D eigenvalue weighted by Gasteiger charge is -2.30. The number of hydrogen-bond donors (Lipinski definition) is 1. The summed E-state index contributed by atoms with van der Waals surface area (Å²) in [6, 6.07) is 12.8. The van der Waals surface area contributed by atoms with E-state index in [-0.39, 0.29) is 24.5 Å². The van der Waals surface area contributed by atoms with Gasteiger partial charge in [-0.15, -0.1) is 0 Å². The van der Waals surface area contributed by atoms with Crippen LogP contribution in [0.25, 0.3) is 10.8 Å². The Morgan fingerprint density at radius 1 is 1.19 bits per heavy atom. The van der Waals surface area contributed by atoms with Gasteiger partial charge in [0.05, 0.1) is 40.9 Å². The van der Waals surface area contributed by atoms with Crippen LogP contribution < -0.4 is 4.90 Å². The van der Waals surface area contributed by atoms with Crippen LogP contribution in [-0.2, 0) is 14.3 Å². The van der Waals surface area contributed by atoms with Crippen molar-refractivity contribution >= 4 is 28.3 Å². The summed E-state index contributed by atoms with van der Waals surface area (Å²) in [4.78, 5) is 27.9. The number of amides is 2. The van der Waals surface area contributed by atoms with E-state index in [2.05, 4.69) is 6.07 Å². The summed E-state index contributed by atoms with van der Waals surface area (Å²) in [5.41, 5.74) is 0.301. The van der Waals surface area contributed by atoms with Gasteiger partial charge in [-0.2, -0.15) is 5.26 Å². The molecule has 1 N–H and O–H groups in total. The van der Waals surface area contributed by atoms with Gasteiger partial charge in [-0.1, -0.05) is 24.3 Å². The maximum atomic E-state index is 13.3. The highest BCUT2D eigenvalue weighted by atomic mass is 16.5. The molecule has 6 nitrogen and oxygen atoms in total. The van der Waals surface area contributed by atoms with Crippen LogP contribution in [0.2, 0.25) is 0 Å². The van der Waals surface area contributed by atoms with Crippen LogP contribution in [0.5, 0.6) is 0 Å². The zero-order chi connectivity index (χ0) is 18.8. The molecule has 0 aliphatic carbocycles. The fourth-order valence-electron chi connectivity index (χ4n) is 5.25. The van der Waals surface area contributed by atoms with Crippen LogP contribution in [0, 0.1) is 23.2 Å². The first-order valence-electron chi connectivity index (χ1n) is 9.19. The zero-order valence-corrected chi connectivity index (χ0v) is 14.6. The summed E-state index contributed by atoms with van der Waals surface area (Å²) < 4.78 is 6.04. The van der Waals surface area contributed by atoms with Crippen molar-refractivity contribution < 1.29 is 19.4 Å². The third-order valence-electron chi connectivity index (χ3n) is 6.35. The van der Waals surface area contributed by atoms with E-state index in [1.807, 2.05) is 24.3 Å². The van der Waals surface area contributed by atoms with Crippen LogP contribution in [0.15, 0.2) is 36.4 Å². The molecule has 2 aromatic carbocycles. The number of aliphatic hydroxyl groups excluding tert-OH is 1. The van der Waals surface area contributed by atoms with Crippen LogP contribution >= 0.6 is 0 Å². The number of benzene rings is 2. The first-order valence-corrected chi connectivity index (χ1v) is 9.19. The number of rotatable bonds is 3. The summed E-state index contributed by atoms with van der Waals surface area (Å²) in [6.07, 6.45) is 1.54. The van der Waals surface area contributed by atoms with E-state index in [0.717, 1.165) is 11.8 Å². The summed E-state index contributed by atoms with van der Waals surface area (Å²) in [6.45, 7) is -0.0722. The maximum absolute atomic E-state index is 13.3. The lowest BCUT2D eigenvalue weighted by atomic mass is 9.71. The number of hydrogen-bond acceptors (Lipinski definition) is 5. The summed E-state index contributed by atoms with van der Waals surface area (Å²) in [7, 11) is 0. The third kappa shape index (κ3) is 2.01. The van der Waals surface area contributed by atoms with Gasteiger partial charge < -0.3 is 9.84 Å². The highest BCUT2D eigenvalue weighted by molar-refractivity contribution is 6.26. The Bertz CT molecular complexity index is 1030. The molecule has 6 heteroatoms. The van der Waals surface area contributed by atoms with Crippen molar-refractivity contribution in [3.8, 4) is 6.07 Å². The molecule has 2 amide bonds. The Hall–Kier alpha value is -2.75. The smallest absolute Gasteiger partial charge is 0.240 e. The lowest BCUT2D eigenvalue weighted by Crippen LogP contribution is -2.42. The molecule has 3 aliphatic heterocycles. The van der Waals surface area contributed by atoms with Crippen molar-refractivity contribution in [1.82, 2.24) is 0 Å². The van der Waals surface area contributed by atoms with Crippen LogP contribution in [-0.4, -0.2) is 35.2 Å². The molecule has 3 aliphatic rings. The van der Waals surface area contributed by atoms with Crippen LogP contribution in [0.1, 0.15) is 24.8 Å². The molecule has 0 radical (unpaired) electrons. The highest BCUT2D eigenvalue weighted by Crippen LogP contribution is 2.57. The number of nitriles is 1. The van der Waals surface area contributed by atoms with Gasteiger partial charge in [0.1, 0.15) is 0 Å². The minimum Gasteiger partial charge on any atom is -0.396 e. The van der Waals surface area contributed by atoms with E-state index in [9.17, 15) is 20.0 Å². The van der Waals surface area contributed by atoms with Crippen molar-refractivity contribution in [3.05, 3.63) is 42.0 Å². The van der Waals surface area contributed by atoms with Gasteiger partial charge in [-0.05, 0) is 25.0 Å². The first kappa shape index (κ1) is 16.4. The standard InChI is InChI=1S/C21H18N2O4/c22-11-12-5-6-15(14-4-2-1-3-13(12)14)23-19(25)17-16-7-8-21(27-16,9-10-24)18(17)20(23)26/h1-6,16-18,24H,7-10H2. The van der Waals surface area contributed by atoms with Crippen molar-refractivity contribution in [2.45, 2.75) is 31.0 Å². The van der Waals surface area contributed by atoms with Crippen molar-refractivity contribution in [1.29, 1.82) is 5.26 Å². The van der Waals surface area contributed by atoms with Crippen LogP contribution in [0.4, 0.5) is 5.69 Å². The molecule has 2 aromatic rings. The van der Waals surface area contributed by atoms with Gasteiger partial charge in [0, 0.05) is 23.8 Å². The van der Waals surface area contributed by atoms with Crippen molar-refractivity contribution in [2.75, 3.05) is 11.5 Å². The molecule has 2 bridgehead atoms. The van der Waals surface area contributed by atoms with E-state index in [4.69, 9.17) is 4.74 Å². The molecule has 4 unspecified atom stereocenters. The normalized spacial score (nSPS) is 31.6. The van der Waals surface area contributed by atoms with Gasteiger partial charge in [0.2, 0.25) is 11.8 Å². The molecule has 5 rings (SSSR count). The average molecular weight is 362 g/mol. The number of ether oxygens (including phenoxy) is 1. The fraction of sp³-hybridized carbons (Fsp3) is 0.381. The van der Waals surface area contributed by atoms with E-state index >= 15 is 0 Å². The molecule has 136 valence electrons. The molecule has 0 aromatic heterocycles. The molecule has 3 saturated heterocycles. The molecule has 3 fully saturated rings. The topological polar surface area (TPSA) is 90.6 Å². The van der Waals surface area contributed by atoms with Gasteiger partial charge in [-0.3, -0.25) is 9.59 Å². The number of anilines is 1. The van der Waals surface area contributed by atoms with Crippen molar-refractivity contribution in [3.63, 3.8) is 0 Å². The molecular formula is C21H18N2O4. The number of carbonyl (C=O) groups excluding carboxylic acids is 2. The number of fused-ring (bicyclic) bond motifs is 6. The number of carbonyl (C=O) groups is 2. The average Bonchev–Trinajstić information content (AvgIpc) is 3.32. The first-order chi connectivity index (χ1) is 13.1. The predicted octanol–water partition coefficient (Wildman–Crippen LogP) is 2.13. The largest absolute Gasteiger partial charge is 0.396 e. The third-order valence-corrected chi connectivity index (χ3v) is 6.35. The monoisotopic (exact) mass is 362 g/mol. The minimum absolute atomic E-state index is 0.0722. The Kier molecular flexibility index (Phi) is 3.42. The molecule has 27 heavy (non-hydrogen) atoms. The molecule has 4 atom stereocenters. The minimum atomic E-state index is -0.728. The Morgan fingerprint density at radius 2 is 1.96 bits per heavy atom. The summed E-state index contributed by atoms with van der Waals surface area (Å²) >= 11 is 0. The second-order valence-corrected chi connectivity index (χ2v) is 7.54. The summed E-state index contributed by atoms with van der Waals surface area (Å²) in [5.74, 6) is -1.50. The molecule has 3 heterocycles. The molecule has 0 saturated carbocycles. The van der Waals surface area contributed by atoms with Gasteiger partial charge in [0.15, 0.2) is 0 Å². The lowest BCUT2D eigenvalue weighted by molar-refractivity contribution is -0.128. The second kappa shape index (κ2) is 5.62. The van der Waals surface area contributed by atoms with Gasteiger partial charge >= 0.3 is 0 Å². The Morgan fingerprint density at radius 3 is 2.70 bits per heavy atom. The number of imide groups is 1. The molecule has 0 spiro atoms. The van der Waals surface area contributed by atoms with E-state index < -0.39 is 17.4 Å². The second-order valence-electron chi connectivity index (χ2n) is 7.54. The van der Waals surface area contributed by atoms with Gasteiger partial charge in [-0.25, -0.2) is 4.90 Å². The predicted molar refractivity (Wildman–Crippen MR) is 96.7 cm³/mol. The number of nitrogens with zero attached hydrogens (tertiary/aromatic N) is 2. The van der Waals surface area contributed by atoms with Crippen molar-refractivity contribution in [2.24, 2.45) is 11.8 Å². The highest BCUT2D eigenvalue weighted by Gasteiger charge is 2.69. The Labute approximate surface area is 155 Å². The van der Waals surface area contributed by atoms with E-state index in [1.165, 1.54) is 4.90 Å². The number of aliphatic hydroxyl groups is 1. The summed E-state index contributed by atoms with van der Waals surface area (Å²) in [5, 5.41) is 20.3. The SMILES string of the molecule is N#Cc1ccc(N2C(=O)C3C4CCC(CCO)(O4)C3C2=O)c2ccccc12. The quantitative estimate of drug-likeness (QED) is 0.845. The maximum Gasteiger partial charge on any atom is 0.240 e. The Balaban J connectivity index is 1.65. The van der Waals surface area contributed by atoms with Gasteiger partial charge in [0.25, 0.3) is 0 Å².